The highest BCUT2D eigenvalue weighted by Crippen LogP contribution is 2.30. The molecule has 4 nitrogen and oxygen atoms in total. The number of ketones is 2. The first-order valence-corrected chi connectivity index (χ1v) is 6.33. The van der Waals surface area contributed by atoms with E-state index in [9.17, 15) is 14.4 Å². The maximum Gasteiger partial charge on any atom is 0.375 e. The summed E-state index contributed by atoms with van der Waals surface area (Å²) in [4.78, 5) is 34.7. The van der Waals surface area contributed by atoms with Crippen molar-refractivity contribution >= 4 is 17.5 Å². The summed E-state index contributed by atoms with van der Waals surface area (Å²) in [5.41, 5.74) is 0. The van der Waals surface area contributed by atoms with Gasteiger partial charge in [0.1, 0.15) is 5.78 Å². The van der Waals surface area contributed by atoms with E-state index in [2.05, 4.69) is 11.7 Å². The quantitative estimate of drug-likeness (QED) is 0.418. The molecule has 2 unspecified atom stereocenters. The first kappa shape index (κ1) is 13.9. The standard InChI is InChI=1S/C13H20O4/c1-3-5-9-6-7-11(14)10(8-9)12(15)13(16)17-4-2/h9-10H,3-8H2,1-2H3. The topological polar surface area (TPSA) is 60.4 Å². The number of hydrogen-bond acceptors (Lipinski definition) is 4. The van der Waals surface area contributed by atoms with E-state index in [0.29, 0.717) is 18.8 Å². The van der Waals surface area contributed by atoms with Gasteiger partial charge in [0.25, 0.3) is 0 Å². The molecule has 1 rings (SSSR count). The molecule has 0 aromatic heterocycles. The fourth-order valence-electron chi connectivity index (χ4n) is 2.37. The second-order valence-electron chi connectivity index (χ2n) is 4.53. The summed E-state index contributed by atoms with van der Waals surface area (Å²) in [5, 5.41) is 0. The summed E-state index contributed by atoms with van der Waals surface area (Å²) >= 11 is 0. The van der Waals surface area contributed by atoms with Gasteiger partial charge in [0.2, 0.25) is 5.78 Å². The zero-order valence-corrected chi connectivity index (χ0v) is 10.5. The molecule has 1 aliphatic rings. The molecule has 1 fully saturated rings. The Morgan fingerprint density at radius 2 is 2.06 bits per heavy atom. The average molecular weight is 240 g/mol. The Bertz CT molecular complexity index is 309. The van der Waals surface area contributed by atoms with E-state index in [0.717, 1.165) is 19.3 Å². The minimum absolute atomic E-state index is 0.101. The van der Waals surface area contributed by atoms with E-state index in [4.69, 9.17) is 0 Å². The number of esters is 1. The molecule has 0 aromatic rings. The zero-order chi connectivity index (χ0) is 12.8. The minimum Gasteiger partial charge on any atom is -0.460 e. The largest absolute Gasteiger partial charge is 0.460 e. The molecule has 0 radical (unpaired) electrons. The third kappa shape index (κ3) is 3.65. The fourth-order valence-corrected chi connectivity index (χ4v) is 2.37. The van der Waals surface area contributed by atoms with Gasteiger partial charge >= 0.3 is 5.97 Å². The van der Waals surface area contributed by atoms with Crippen molar-refractivity contribution in [2.24, 2.45) is 11.8 Å². The molecule has 1 saturated carbocycles. The highest BCUT2D eigenvalue weighted by Gasteiger charge is 2.37. The monoisotopic (exact) mass is 240 g/mol. The van der Waals surface area contributed by atoms with Gasteiger partial charge in [-0.3, -0.25) is 9.59 Å². The van der Waals surface area contributed by atoms with Crippen LogP contribution in [0, 0.1) is 11.8 Å². The van der Waals surface area contributed by atoms with Gasteiger partial charge in [-0.15, -0.1) is 0 Å². The van der Waals surface area contributed by atoms with Crippen LogP contribution in [0.5, 0.6) is 0 Å². The molecule has 2 atom stereocenters. The molecule has 0 aliphatic heterocycles. The lowest BCUT2D eigenvalue weighted by molar-refractivity contribution is -0.157. The molecule has 0 heterocycles. The van der Waals surface area contributed by atoms with Gasteiger partial charge in [-0.05, 0) is 25.7 Å². The highest BCUT2D eigenvalue weighted by molar-refractivity contribution is 6.38. The number of carbonyl (C=O) groups excluding carboxylic acids is 3. The Labute approximate surface area is 102 Å². The van der Waals surface area contributed by atoms with Crippen molar-refractivity contribution in [1.29, 1.82) is 0 Å². The van der Waals surface area contributed by atoms with E-state index in [1.807, 2.05) is 0 Å². The summed E-state index contributed by atoms with van der Waals surface area (Å²) < 4.78 is 4.66. The van der Waals surface area contributed by atoms with Crippen molar-refractivity contribution in [1.82, 2.24) is 0 Å². The molecule has 0 N–H and O–H groups in total. The van der Waals surface area contributed by atoms with Crippen molar-refractivity contribution in [2.45, 2.75) is 46.0 Å². The molecule has 1 aliphatic carbocycles. The molecule has 4 heteroatoms. The van der Waals surface area contributed by atoms with Gasteiger partial charge in [0.05, 0.1) is 12.5 Å². The van der Waals surface area contributed by atoms with Crippen LogP contribution in [0.3, 0.4) is 0 Å². The van der Waals surface area contributed by atoms with Crippen LogP contribution in [0.4, 0.5) is 0 Å². The predicted octanol–water partition coefficient (Wildman–Crippen LogP) is 1.90. The lowest BCUT2D eigenvalue weighted by atomic mass is 9.77. The van der Waals surface area contributed by atoms with Crippen LogP contribution in [0.1, 0.15) is 46.0 Å². The molecule has 17 heavy (non-hydrogen) atoms. The van der Waals surface area contributed by atoms with Crippen molar-refractivity contribution in [2.75, 3.05) is 6.61 Å². The van der Waals surface area contributed by atoms with Gasteiger partial charge in [-0.25, -0.2) is 4.79 Å². The van der Waals surface area contributed by atoms with E-state index in [-0.39, 0.29) is 12.4 Å². The normalized spacial score (nSPS) is 24.5. The molecular weight excluding hydrogens is 220 g/mol. The Morgan fingerprint density at radius 1 is 1.35 bits per heavy atom. The zero-order valence-electron chi connectivity index (χ0n) is 10.5. The second kappa shape index (κ2) is 6.52. The van der Waals surface area contributed by atoms with Crippen LogP contribution in [0.15, 0.2) is 0 Å². The molecule has 0 amide bonds. The Kier molecular flexibility index (Phi) is 5.32. The van der Waals surface area contributed by atoms with Gasteiger partial charge in [-0.1, -0.05) is 19.8 Å². The van der Waals surface area contributed by atoms with Gasteiger partial charge in [0, 0.05) is 6.42 Å². The first-order chi connectivity index (χ1) is 8.10. The number of Topliss-reactive ketones (excluding diaryl/α,β-unsaturated/α-hetero) is 2. The van der Waals surface area contributed by atoms with Gasteiger partial charge in [-0.2, -0.15) is 0 Å². The van der Waals surface area contributed by atoms with Crippen molar-refractivity contribution in [3.63, 3.8) is 0 Å². The van der Waals surface area contributed by atoms with E-state index in [1.54, 1.807) is 6.92 Å². The lowest BCUT2D eigenvalue weighted by Gasteiger charge is -2.26. The third-order valence-electron chi connectivity index (χ3n) is 3.25. The fraction of sp³-hybridized carbons (Fsp3) is 0.769. The summed E-state index contributed by atoms with van der Waals surface area (Å²) in [5.74, 6) is -1.98. The average Bonchev–Trinajstić information content (AvgIpc) is 2.31. The van der Waals surface area contributed by atoms with Crippen LogP contribution in [0.2, 0.25) is 0 Å². The molecular formula is C13H20O4. The number of ether oxygens (including phenoxy) is 1. The molecule has 0 bridgehead atoms. The first-order valence-electron chi connectivity index (χ1n) is 6.33. The van der Waals surface area contributed by atoms with E-state index in [1.165, 1.54) is 0 Å². The lowest BCUT2D eigenvalue weighted by Crippen LogP contribution is -2.36. The van der Waals surface area contributed by atoms with Crippen molar-refractivity contribution < 1.29 is 19.1 Å². The maximum absolute atomic E-state index is 11.8. The summed E-state index contributed by atoms with van der Waals surface area (Å²) in [6.07, 6.45) is 3.84. The number of carbonyl (C=O) groups is 3. The Morgan fingerprint density at radius 3 is 2.65 bits per heavy atom. The Hall–Kier alpha value is -1.19. The Balaban J connectivity index is 2.63. The van der Waals surface area contributed by atoms with Crippen LogP contribution in [-0.2, 0) is 19.1 Å². The predicted molar refractivity (Wildman–Crippen MR) is 62.4 cm³/mol. The van der Waals surface area contributed by atoms with Crippen molar-refractivity contribution in [3.05, 3.63) is 0 Å². The second-order valence-corrected chi connectivity index (χ2v) is 4.53. The number of rotatable bonds is 5. The van der Waals surface area contributed by atoms with Crippen LogP contribution >= 0.6 is 0 Å². The highest BCUT2D eigenvalue weighted by atomic mass is 16.5. The smallest absolute Gasteiger partial charge is 0.375 e. The third-order valence-corrected chi connectivity index (χ3v) is 3.25. The molecule has 0 spiro atoms. The molecule has 96 valence electrons. The summed E-state index contributed by atoms with van der Waals surface area (Å²) in [7, 11) is 0. The van der Waals surface area contributed by atoms with E-state index >= 15 is 0 Å². The number of hydrogen-bond donors (Lipinski definition) is 0. The minimum atomic E-state index is -0.858. The van der Waals surface area contributed by atoms with E-state index < -0.39 is 17.7 Å². The van der Waals surface area contributed by atoms with Gasteiger partial charge < -0.3 is 4.74 Å². The molecule has 0 aromatic carbocycles. The maximum atomic E-state index is 11.8. The summed E-state index contributed by atoms with van der Waals surface area (Å²) in [6.45, 7) is 3.90. The van der Waals surface area contributed by atoms with Crippen molar-refractivity contribution in [3.8, 4) is 0 Å². The van der Waals surface area contributed by atoms with Gasteiger partial charge in [0.15, 0.2) is 0 Å². The summed E-state index contributed by atoms with van der Waals surface area (Å²) in [6, 6.07) is 0. The molecule has 0 saturated heterocycles. The van der Waals surface area contributed by atoms with Crippen LogP contribution in [-0.4, -0.2) is 24.1 Å². The van der Waals surface area contributed by atoms with Crippen LogP contribution in [0.25, 0.3) is 0 Å². The van der Waals surface area contributed by atoms with Crippen LogP contribution < -0.4 is 0 Å². The SMILES string of the molecule is CCCC1CCC(=O)C(C(=O)C(=O)OCC)C1.